The number of rotatable bonds is 3. The van der Waals surface area contributed by atoms with Crippen LogP contribution in [0.4, 0.5) is 37.7 Å². The fourth-order valence-electron chi connectivity index (χ4n) is 6.13. The van der Waals surface area contributed by atoms with Crippen molar-refractivity contribution in [3.63, 3.8) is 0 Å². The topological polar surface area (TPSA) is 32.5 Å². The first-order valence-corrected chi connectivity index (χ1v) is 12.9. The van der Waals surface area contributed by atoms with Gasteiger partial charge in [-0.1, -0.05) is 13.8 Å². The minimum absolute atomic E-state index is 0.272. The van der Waals surface area contributed by atoms with Gasteiger partial charge in [0.1, 0.15) is 12.8 Å². The number of anilines is 1. The maximum atomic E-state index is 13.5. The van der Waals surface area contributed by atoms with Gasteiger partial charge in [0.05, 0.1) is 34.8 Å². The third-order valence-corrected chi connectivity index (χ3v) is 8.47. The average Bonchev–Trinajstić information content (AvgIpc) is 3.19. The smallest absolute Gasteiger partial charge is 0.416 e. The standard InChI is InChI=1S/C31H29F6N2O2/c1-28(2)20-12-16(30(32,33)34)8-10-22(20)38(5)24(28)14-18-26(40)19(27(18)41-7)15-25-29(3,4)21-13-17(31(35,36)37)9-11-23(21)39(25)6/h8-15H,1-7H3/q+1. The number of fused-ring (bicyclic) bond motifs is 2. The molecule has 216 valence electrons. The summed E-state index contributed by atoms with van der Waals surface area (Å²) < 4.78 is 87.9. The first-order chi connectivity index (χ1) is 18.8. The van der Waals surface area contributed by atoms with Crippen LogP contribution in [-0.2, 0) is 32.7 Å². The molecule has 0 saturated heterocycles. The molecule has 10 heteroatoms. The highest BCUT2D eigenvalue weighted by atomic mass is 19.4. The number of hydrogen-bond acceptors (Lipinski definition) is 3. The van der Waals surface area contributed by atoms with Gasteiger partial charge in [0.15, 0.2) is 5.71 Å². The lowest BCUT2D eigenvalue weighted by molar-refractivity contribution is -0.401. The summed E-state index contributed by atoms with van der Waals surface area (Å²) in [6, 6.07) is 7.21. The molecule has 0 N–H and O–H groups in total. The molecule has 0 amide bonds. The van der Waals surface area contributed by atoms with E-state index in [-0.39, 0.29) is 16.9 Å². The molecule has 3 aliphatic rings. The number of benzene rings is 2. The fraction of sp³-hybridized carbons (Fsp3) is 0.355. The van der Waals surface area contributed by atoms with Crippen molar-refractivity contribution in [3.05, 3.63) is 93.4 Å². The number of methoxy groups -OCH3 is 1. The molecule has 0 fully saturated rings. The number of halogens is 6. The van der Waals surface area contributed by atoms with Crippen LogP contribution in [0.15, 0.2) is 71.2 Å². The minimum Gasteiger partial charge on any atom is -0.495 e. The number of hydrogen-bond donors (Lipinski definition) is 0. The molecule has 0 unspecified atom stereocenters. The van der Waals surface area contributed by atoms with E-state index in [1.807, 2.05) is 0 Å². The molecule has 2 aromatic rings. The Morgan fingerprint density at radius 2 is 1.41 bits per heavy atom. The normalized spacial score (nSPS) is 21.6. The second kappa shape index (κ2) is 8.84. The maximum Gasteiger partial charge on any atom is 0.416 e. The van der Waals surface area contributed by atoms with E-state index in [0.717, 1.165) is 24.3 Å². The highest BCUT2D eigenvalue weighted by Crippen LogP contribution is 2.50. The summed E-state index contributed by atoms with van der Waals surface area (Å²) in [6.45, 7) is 7.19. The Bertz CT molecular complexity index is 1630. The predicted octanol–water partition coefficient (Wildman–Crippen LogP) is 7.45. The lowest BCUT2D eigenvalue weighted by Crippen LogP contribution is -2.31. The lowest BCUT2D eigenvalue weighted by atomic mass is 9.77. The van der Waals surface area contributed by atoms with Crippen LogP contribution < -0.4 is 4.90 Å². The Kier molecular flexibility index (Phi) is 6.19. The number of allylic oxidation sites excluding steroid dienone is 5. The van der Waals surface area contributed by atoms with E-state index in [4.69, 9.17) is 4.74 Å². The minimum atomic E-state index is -4.49. The predicted molar refractivity (Wildman–Crippen MR) is 143 cm³/mol. The molecule has 1 aliphatic carbocycles. The van der Waals surface area contributed by atoms with Gasteiger partial charge >= 0.3 is 12.4 Å². The van der Waals surface area contributed by atoms with Gasteiger partial charge in [-0.2, -0.15) is 30.9 Å². The zero-order valence-corrected chi connectivity index (χ0v) is 23.6. The molecule has 41 heavy (non-hydrogen) atoms. The van der Waals surface area contributed by atoms with E-state index in [2.05, 4.69) is 0 Å². The summed E-state index contributed by atoms with van der Waals surface area (Å²) in [4.78, 5) is 15.2. The van der Waals surface area contributed by atoms with Gasteiger partial charge in [0.2, 0.25) is 11.5 Å². The number of ketones is 1. The molecule has 2 heterocycles. The Hall–Kier alpha value is -3.82. The van der Waals surface area contributed by atoms with Crippen molar-refractivity contribution >= 4 is 22.9 Å². The first kappa shape index (κ1) is 28.7. The van der Waals surface area contributed by atoms with E-state index in [1.54, 1.807) is 63.4 Å². The number of likely N-dealkylation sites (N-methyl/N-ethyl adjacent to an activating group) is 1. The van der Waals surface area contributed by atoms with Crippen molar-refractivity contribution in [2.75, 3.05) is 26.1 Å². The fourth-order valence-corrected chi connectivity index (χ4v) is 6.13. The summed E-state index contributed by atoms with van der Waals surface area (Å²) in [7, 11) is 4.89. The summed E-state index contributed by atoms with van der Waals surface area (Å²) in [5.74, 6) is -0.0172. The number of carbonyl (C=O) groups excluding carboxylic acids is 1. The molecule has 5 rings (SSSR count). The van der Waals surface area contributed by atoms with Gasteiger partial charge in [-0.3, -0.25) is 4.79 Å². The van der Waals surface area contributed by atoms with Crippen LogP contribution in [0.5, 0.6) is 0 Å². The monoisotopic (exact) mass is 575 g/mol. The highest BCUT2D eigenvalue weighted by molar-refractivity contribution is 6.24. The lowest BCUT2D eigenvalue weighted by Gasteiger charge is -2.28. The molecule has 0 atom stereocenters. The largest absolute Gasteiger partial charge is 0.495 e. The average molecular weight is 576 g/mol. The quantitative estimate of drug-likeness (QED) is 0.217. The van der Waals surface area contributed by atoms with Crippen molar-refractivity contribution in [2.45, 2.75) is 50.9 Å². The van der Waals surface area contributed by atoms with E-state index in [1.165, 1.54) is 19.2 Å². The van der Waals surface area contributed by atoms with Crippen molar-refractivity contribution in [1.29, 1.82) is 0 Å². The third-order valence-electron chi connectivity index (χ3n) is 8.47. The second-order valence-electron chi connectivity index (χ2n) is 11.6. The van der Waals surface area contributed by atoms with E-state index < -0.39 is 34.3 Å². The van der Waals surface area contributed by atoms with Crippen molar-refractivity contribution < 1.29 is 40.4 Å². The van der Waals surface area contributed by atoms with Crippen molar-refractivity contribution in [2.24, 2.45) is 0 Å². The summed E-state index contributed by atoms with van der Waals surface area (Å²) in [5.41, 5.74) is 0.830. The molecular weight excluding hydrogens is 546 g/mol. The van der Waals surface area contributed by atoms with Crippen LogP contribution in [0.2, 0.25) is 0 Å². The Morgan fingerprint density at radius 3 is 1.98 bits per heavy atom. The van der Waals surface area contributed by atoms with Crippen molar-refractivity contribution in [1.82, 2.24) is 0 Å². The van der Waals surface area contributed by atoms with Crippen LogP contribution in [0.3, 0.4) is 0 Å². The molecule has 0 spiro atoms. The zero-order valence-electron chi connectivity index (χ0n) is 23.6. The molecule has 4 nitrogen and oxygen atoms in total. The van der Waals surface area contributed by atoms with Gasteiger partial charge in [0.25, 0.3) is 0 Å². The molecule has 0 radical (unpaired) electrons. The first-order valence-electron chi connectivity index (χ1n) is 12.9. The van der Waals surface area contributed by atoms with Gasteiger partial charge in [-0.15, -0.1) is 0 Å². The summed E-state index contributed by atoms with van der Waals surface area (Å²) >= 11 is 0. The van der Waals surface area contributed by atoms with Crippen LogP contribution in [0, 0.1) is 0 Å². The van der Waals surface area contributed by atoms with Gasteiger partial charge < -0.3 is 9.64 Å². The van der Waals surface area contributed by atoms with E-state index >= 15 is 0 Å². The second-order valence-corrected chi connectivity index (χ2v) is 11.6. The van der Waals surface area contributed by atoms with Crippen LogP contribution in [0.25, 0.3) is 0 Å². The van der Waals surface area contributed by atoms with Gasteiger partial charge in [-0.25, -0.2) is 0 Å². The molecule has 0 aromatic heterocycles. The zero-order chi connectivity index (χ0) is 30.4. The number of carbonyl (C=O) groups is 1. The van der Waals surface area contributed by atoms with Gasteiger partial charge in [0, 0.05) is 41.6 Å². The molecular formula is C31H29F6N2O2+. The van der Waals surface area contributed by atoms with Crippen LogP contribution in [-0.4, -0.2) is 37.3 Å². The molecule has 2 aromatic carbocycles. The maximum absolute atomic E-state index is 13.5. The van der Waals surface area contributed by atoms with Crippen molar-refractivity contribution in [3.8, 4) is 0 Å². The number of nitrogens with zero attached hydrogens (tertiary/aromatic N) is 2. The summed E-state index contributed by atoms with van der Waals surface area (Å²) in [6.07, 6.45) is -5.69. The van der Waals surface area contributed by atoms with Gasteiger partial charge in [-0.05, 0) is 55.8 Å². The van der Waals surface area contributed by atoms with Crippen LogP contribution in [0.1, 0.15) is 49.9 Å². The van der Waals surface area contributed by atoms with Crippen LogP contribution >= 0.6 is 0 Å². The number of Topliss-reactive ketones (excluding diaryl/α,β-unsaturated/α-hetero) is 1. The SMILES string of the molecule is COC1=C(/C=C2/N(C)c3ccc(C(F)(F)F)cc3C2(C)C)C(=O)/C1=C\C1=[N+](C)c2ccc(C(F)(F)F)cc2C1(C)C. The number of ether oxygens (including phenoxy) is 1. The van der Waals surface area contributed by atoms with E-state index in [9.17, 15) is 31.1 Å². The highest BCUT2D eigenvalue weighted by Gasteiger charge is 2.48. The Balaban J connectivity index is 1.55. The summed E-state index contributed by atoms with van der Waals surface area (Å²) in [5, 5.41) is 0. The Labute approximate surface area is 233 Å². The molecule has 2 aliphatic heterocycles. The Morgan fingerprint density at radius 1 is 0.854 bits per heavy atom. The molecule has 0 saturated carbocycles. The molecule has 0 bridgehead atoms. The number of alkyl halides is 6. The third kappa shape index (κ3) is 4.21. The van der Waals surface area contributed by atoms with E-state index in [0.29, 0.717) is 39.7 Å².